The number of para-hydroxylation sites is 1. The molecule has 140 valence electrons. The zero-order valence-electron chi connectivity index (χ0n) is 15.4. The van der Waals surface area contributed by atoms with Gasteiger partial charge in [-0.1, -0.05) is 42.1 Å². The quantitative estimate of drug-likeness (QED) is 0.598. The number of benzene rings is 2. The highest BCUT2D eigenvalue weighted by molar-refractivity contribution is 7.99. The van der Waals surface area contributed by atoms with E-state index in [9.17, 15) is 4.79 Å². The lowest BCUT2D eigenvalue weighted by Crippen LogP contribution is -2.14. The summed E-state index contributed by atoms with van der Waals surface area (Å²) in [7, 11) is 0. The van der Waals surface area contributed by atoms with Gasteiger partial charge in [0.15, 0.2) is 11.0 Å². The zero-order chi connectivity index (χ0) is 19.1. The Balaban J connectivity index is 1.57. The maximum atomic E-state index is 12.1. The van der Waals surface area contributed by atoms with Crippen LogP contribution in [0.15, 0.2) is 59.8 Å². The van der Waals surface area contributed by atoms with Crippen LogP contribution >= 0.6 is 11.8 Å². The second kappa shape index (κ2) is 9.23. The molecule has 0 aliphatic carbocycles. The van der Waals surface area contributed by atoms with E-state index in [1.54, 1.807) is 0 Å². The van der Waals surface area contributed by atoms with Crippen LogP contribution in [-0.4, -0.2) is 26.4 Å². The SMILES string of the molecule is CCn1c(COc2cccc(C)c2)nnc1SCC(=O)Nc1ccccc1. The number of aromatic nitrogens is 3. The number of ether oxygens (including phenoxy) is 1. The average molecular weight is 382 g/mol. The van der Waals surface area contributed by atoms with E-state index < -0.39 is 0 Å². The standard InChI is InChI=1S/C20H22N4O2S/c1-3-24-18(13-26-17-11-7-8-15(2)12-17)22-23-20(24)27-14-19(25)21-16-9-5-4-6-10-16/h4-12H,3,13-14H2,1-2H3,(H,21,25). The van der Waals surface area contributed by atoms with Crippen molar-refractivity contribution in [2.24, 2.45) is 0 Å². The smallest absolute Gasteiger partial charge is 0.234 e. The Hall–Kier alpha value is -2.80. The van der Waals surface area contributed by atoms with Gasteiger partial charge in [0.1, 0.15) is 12.4 Å². The number of aryl methyl sites for hydroxylation is 1. The molecule has 27 heavy (non-hydrogen) atoms. The number of hydrogen-bond acceptors (Lipinski definition) is 5. The Morgan fingerprint density at radius 2 is 1.96 bits per heavy atom. The highest BCUT2D eigenvalue weighted by Gasteiger charge is 2.14. The van der Waals surface area contributed by atoms with Gasteiger partial charge in [-0.05, 0) is 43.7 Å². The molecule has 0 bridgehead atoms. The molecule has 1 amide bonds. The van der Waals surface area contributed by atoms with Crippen LogP contribution in [0.4, 0.5) is 5.69 Å². The number of nitrogens with one attached hydrogen (secondary N) is 1. The van der Waals surface area contributed by atoms with Gasteiger partial charge in [-0.2, -0.15) is 0 Å². The number of hydrogen-bond donors (Lipinski definition) is 1. The number of nitrogens with zero attached hydrogens (tertiary/aromatic N) is 3. The van der Waals surface area contributed by atoms with Crippen molar-refractivity contribution in [3.8, 4) is 5.75 Å². The Kier molecular flexibility index (Phi) is 6.49. The molecule has 0 saturated carbocycles. The van der Waals surface area contributed by atoms with Gasteiger partial charge in [-0.25, -0.2) is 0 Å². The van der Waals surface area contributed by atoms with Crippen LogP contribution in [0.3, 0.4) is 0 Å². The number of carbonyl (C=O) groups excluding carboxylic acids is 1. The van der Waals surface area contributed by atoms with Gasteiger partial charge >= 0.3 is 0 Å². The number of carbonyl (C=O) groups is 1. The fraction of sp³-hybridized carbons (Fsp3) is 0.250. The summed E-state index contributed by atoms with van der Waals surface area (Å²) in [6, 6.07) is 17.3. The van der Waals surface area contributed by atoms with Crippen LogP contribution in [-0.2, 0) is 17.9 Å². The lowest BCUT2D eigenvalue weighted by Gasteiger charge is -2.09. The summed E-state index contributed by atoms with van der Waals surface area (Å²) in [5.74, 6) is 1.74. The van der Waals surface area contributed by atoms with Gasteiger partial charge in [0.25, 0.3) is 0 Å². The third kappa shape index (κ3) is 5.34. The fourth-order valence-electron chi connectivity index (χ4n) is 2.55. The van der Waals surface area contributed by atoms with Crippen LogP contribution in [0.2, 0.25) is 0 Å². The second-order valence-electron chi connectivity index (χ2n) is 5.95. The molecule has 0 radical (unpaired) electrons. The van der Waals surface area contributed by atoms with Crippen molar-refractivity contribution in [3.63, 3.8) is 0 Å². The molecule has 0 aliphatic rings. The Bertz CT molecular complexity index is 896. The predicted molar refractivity (Wildman–Crippen MR) is 107 cm³/mol. The van der Waals surface area contributed by atoms with E-state index in [0.717, 1.165) is 22.8 Å². The fourth-order valence-corrected chi connectivity index (χ4v) is 3.37. The molecular weight excluding hydrogens is 360 g/mol. The lowest BCUT2D eigenvalue weighted by atomic mass is 10.2. The first kappa shape index (κ1) is 19.0. The molecule has 1 N–H and O–H groups in total. The van der Waals surface area contributed by atoms with Crippen LogP contribution in [0.5, 0.6) is 5.75 Å². The largest absolute Gasteiger partial charge is 0.486 e. The van der Waals surface area contributed by atoms with E-state index in [1.807, 2.05) is 73.0 Å². The molecule has 7 heteroatoms. The number of thioether (sulfide) groups is 1. The van der Waals surface area contributed by atoms with E-state index in [-0.39, 0.29) is 11.7 Å². The first-order valence-corrected chi connectivity index (χ1v) is 9.73. The molecule has 3 rings (SSSR count). The third-order valence-electron chi connectivity index (χ3n) is 3.86. The molecule has 1 aromatic heterocycles. The van der Waals surface area contributed by atoms with Crippen molar-refractivity contribution in [2.75, 3.05) is 11.1 Å². The van der Waals surface area contributed by atoms with E-state index in [2.05, 4.69) is 15.5 Å². The highest BCUT2D eigenvalue weighted by Crippen LogP contribution is 2.19. The first-order chi connectivity index (χ1) is 13.2. The summed E-state index contributed by atoms with van der Waals surface area (Å²) in [4.78, 5) is 12.1. The van der Waals surface area contributed by atoms with Crippen LogP contribution in [0, 0.1) is 6.92 Å². The third-order valence-corrected chi connectivity index (χ3v) is 4.82. The molecule has 0 saturated heterocycles. The van der Waals surface area contributed by atoms with Gasteiger partial charge in [-0.15, -0.1) is 10.2 Å². The van der Waals surface area contributed by atoms with Gasteiger partial charge in [0.2, 0.25) is 5.91 Å². The molecule has 0 unspecified atom stereocenters. The highest BCUT2D eigenvalue weighted by atomic mass is 32.2. The molecule has 3 aromatic rings. The van der Waals surface area contributed by atoms with Crippen LogP contribution < -0.4 is 10.1 Å². The Morgan fingerprint density at radius 1 is 1.15 bits per heavy atom. The van der Waals surface area contributed by atoms with Crippen molar-refractivity contribution in [1.82, 2.24) is 14.8 Å². The molecule has 0 aliphatic heterocycles. The van der Waals surface area contributed by atoms with Gasteiger partial charge in [0.05, 0.1) is 5.75 Å². The van der Waals surface area contributed by atoms with Crippen molar-refractivity contribution < 1.29 is 9.53 Å². The molecule has 6 nitrogen and oxygen atoms in total. The van der Waals surface area contributed by atoms with Gasteiger partial charge in [0, 0.05) is 12.2 Å². The van der Waals surface area contributed by atoms with Crippen molar-refractivity contribution >= 4 is 23.4 Å². The van der Waals surface area contributed by atoms with Crippen molar-refractivity contribution in [3.05, 3.63) is 66.0 Å². The van der Waals surface area contributed by atoms with Crippen molar-refractivity contribution in [1.29, 1.82) is 0 Å². The number of amides is 1. The number of anilines is 1. The summed E-state index contributed by atoms with van der Waals surface area (Å²) in [5, 5.41) is 12.0. The lowest BCUT2D eigenvalue weighted by molar-refractivity contribution is -0.113. The van der Waals surface area contributed by atoms with Crippen LogP contribution in [0.1, 0.15) is 18.3 Å². The van der Waals surface area contributed by atoms with E-state index >= 15 is 0 Å². The number of rotatable bonds is 8. The average Bonchev–Trinajstić information content (AvgIpc) is 3.07. The summed E-state index contributed by atoms with van der Waals surface area (Å²) in [5.41, 5.74) is 1.93. The minimum atomic E-state index is -0.0746. The first-order valence-electron chi connectivity index (χ1n) is 8.75. The molecular formula is C20H22N4O2S. The van der Waals surface area contributed by atoms with E-state index in [1.165, 1.54) is 11.8 Å². The summed E-state index contributed by atoms with van der Waals surface area (Å²) in [6.45, 7) is 5.09. The van der Waals surface area contributed by atoms with Crippen molar-refractivity contribution in [2.45, 2.75) is 32.2 Å². The minimum Gasteiger partial charge on any atom is -0.486 e. The predicted octanol–water partition coefficient (Wildman–Crippen LogP) is 3.92. The maximum absolute atomic E-state index is 12.1. The minimum absolute atomic E-state index is 0.0746. The Morgan fingerprint density at radius 3 is 2.70 bits per heavy atom. The van der Waals surface area contributed by atoms with Crippen LogP contribution in [0.25, 0.3) is 0 Å². The zero-order valence-corrected chi connectivity index (χ0v) is 16.2. The molecule has 2 aromatic carbocycles. The van der Waals surface area contributed by atoms with Gasteiger partial charge < -0.3 is 14.6 Å². The second-order valence-corrected chi connectivity index (χ2v) is 6.89. The summed E-state index contributed by atoms with van der Waals surface area (Å²) < 4.78 is 7.79. The maximum Gasteiger partial charge on any atom is 0.234 e. The normalized spacial score (nSPS) is 10.6. The molecule has 1 heterocycles. The molecule has 0 spiro atoms. The monoisotopic (exact) mass is 382 g/mol. The summed E-state index contributed by atoms with van der Waals surface area (Å²) >= 11 is 1.37. The topological polar surface area (TPSA) is 69.0 Å². The van der Waals surface area contributed by atoms with E-state index in [0.29, 0.717) is 18.3 Å². The van der Waals surface area contributed by atoms with E-state index in [4.69, 9.17) is 4.74 Å². The molecule has 0 atom stereocenters. The Labute approximate surface area is 163 Å². The molecule has 0 fully saturated rings. The summed E-state index contributed by atoms with van der Waals surface area (Å²) in [6.07, 6.45) is 0. The van der Waals surface area contributed by atoms with Gasteiger partial charge in [-0.3, -0.25) is 4.79 Å².